The average Bonchev–Trinajstić information content (AvgIpc) is 2.67. The maximum absolute atomic E-state index is 14.1. The van der Waals surface area contributed by atoms with Crippen molar-refractivity contribution in [2.45, 2.75) is 18.4 Å². The zero-order valence-electron chi connectivity index (χ0n) is 15.0. The molecule has 0 saturated heterocycles. The summed E-state index contributed by atoms with van der Waals surface area (Å²) in [6, 6.07) is 13.7. The second-order valence-corrected chi connectivity index (χ2v) is 7.71. The molecule has 0 spiro atoms. The number of carbonyl (C=O) groups is 1. The van der Waals surface area contributed by atoms with E-state index < -0.39 is 26.7 Å². The van der Waals surface area contributed by atoms with Crippen LogP contribution in [0.4, 0.5) is 4.39 Å². The van der Waals surface area contributed by atoms with E-state index in [1.165, 1.54) is 0 Å². The lowest BCUT2D eigenvalue weighted by molar-refractivity contribution is 0.0696. The standard InChI is InChI=1S/C20H18FNO5S/c1-2-27-18-10-8-13-5-3-4-6-15(13)16(18)12-22-28(25,26)19-11-14(20(23)24)7-9-17(19)21/h3-11,22H,2,12H2,1H3,(H,23,24). The summed E-state index contributed by atoms with van der Waals surface area (Å²) in [4.78, 5) is 10.4. The summed E-state index contributed by atoms with van der Waals surface area (Å²) in [5.74, 6) is -1.85. The van der Waals surface area contributed by atoms with E-state index in [2.05, 4.69) is 4.72 Å². The fraction of sp³-hybridized carbons (Fsp3) is 0.150. The van der Waals surface area contributed by atoms with Crippen LogP contribution in [0.5, 0.6) is 5.75 Å². The minimum atomic E-state index is -4.29. The highest BCUT2D eigenvalue weighted by atomic mass is 32.2. The number of sulfonamides is 1. The van der Waals surface area contributed by atoms with Gasteiger partial charge in [0.2, 0.25) is 10.0 Å². The molecule has 0 radical (unpaired) electrons. The van der Waals surface area contributed by atoms with Crippen LogP contribution in [0.3, 0.4) is 0 Å². The highest BCUT2D eigenvalue weighted by Crippen LogP contribution is 2.29. The van der Waals surface area contributed by atoms with Gasteiger partial charge in [0.15, 0.2) is 0 Å². The number of hydrogen-bond acceptors (Lipinski definition) is 4. The van der Waals surface area contributed by atoms with Crippen molar-refractivity contribution >= 4 is 26.8 Å². The van der Waals surface area contributed by atoms with Gasteiger partial charge in [-0.1, -0.05) is 30.3 Å². The molecule has 3 aromatic carbocycles. The molecule has 0 fully saturated rings. The molecule has 6 nitrogen and oxygen atoms in total. The Bertz CT molecular complexity index is 1140. The number of carboxylic acid groups (broad SMARTS) is 1. The Morgan fingerprint density at radius 3 is 2.61 bits per heavy atom. The second kappa shape index (κ2) is 7.95. The van der Waals surface area contributed by atoms with E-state index in [1.54, 1.807) is 6.07 Å². The predicted octanol–water partition coefficient (Wildman–Crippen LogP) is 3.55. The Morgan fingerprint density at radius 2 is 1.89 bits per heavy atom. The first-order valence-corrected chi connectivity index (χ1v) is 9.97. The molecule has 0 saturated carbocycles. The highest BCUT2D eigenvalue weighted by Gasteiger charge is 2.22. The fourth-order valence-corrected chi connectivity index (χ4v) is 3.97. The Balaban J connectivity index is 1.99. The van der Waals surface area contributed by atoms with Gasteiger partial charge in [-0.2, -0.15) is 0 Å². The number of fused-ring (bicyclic) bond motifs is 1. The van der Waals surface area contributed by atoms with Crippen LogP contribution in [0, 0.1) is 5.82 Å². The molecule has 3 rings (SSSR count). The zero-order valence-corrected chi connectivity index (χ0v) is 15.8. The molecule has 28 heavy (non-hydrogen) atoms. The largest absolute Gasteiger partial charge is 0.494 e. The van der Waals surface area contributed by atoms with Crippen molar-refractivity contribution in [1.82, 2.24) is 4.72 Å². The first kappa shape index (κ1) is 19.8. The van der Waals surface area contributed by atoms with Crippen LogP contribution >= 0.6 is 0 Å². The van der Waals surface area contributed by atoms with Gasteiger partial charge in [-0.15, -0.1) is 0 Å². The monoisotopic (exact) mass is 403 g/mol. The van der Waals surface area contributed by atoms with Crippen LogP contribution in [0.25, 0.3) is 10.8 Å². The van der Waals surface area contributed by atoms with E-state index in [9.17, 15) is 17.6 Å². The summed E-state index contributed by atoms with van der Waals surface area (Å²) in [7, 11) is -4.29. The minimum absolute atomic E-state index is 0.143. The highest BCUT2D eigenvalue weighted by molar-refractivity contribution is 7.89. The molecule has 0 aliphatic rings. The Kier molecular flexibility index (Phi) is 5.62. The van der Waals surface area contributed by atoms with E-state index in [0.29, 0.717) is 17.9 Å². The summed E-state index contributed by atoms with van der Waals surface area (Å²) in [6.45, 7) is 2.07. The van der Waals surface area contributed by atoms with Gasteiger partial charge in [0.1, 0.15) is 16.5 Å². The number of ether oxygens (including phenoxy) is 1. The van der Waals surface area contributed by atoms with Crippen molar-refractivity contribution in [3.8, 4) is 5.75 Å². The number of nitrogens with one attached hydrogen (secondary N) is 1. The van der Waals surface area contributed by atoms with Crippen molar-refractivity contribution in [1.29, 1.82) is 0 Å². The number of rotatable bonds is 7. The van der Waals surface area contributed by atoms with Crippen LogP contribution in [0.2, 0.25) is 0 Å². The smallest absolute Gasteiger partial charge is 0.335 e. The van der Waals surface area contributed by atoms with Crippen LogP contribution in [-0.4, -0.2) is 26.1 Å². The molecule has 0 amide bonds. The van der Waals surface area contributed by atoms with Crippen molar-refractivity contribution in [2.24, 2.45) is 0 Å². The Morgan fingerprint density at radius 1 is 1.14 bits per heavy atom. The van der Waals surface area contributed by atoms with E-state index in [1.807, 2.05) is 37.3 Å². The fourth-order valence-electron chi connectivity index (χ4n) is 2.88. The molecule has 3 aromatic rings. The summed E-state index contributed by atoms with van der Waals surface area (Å²) in [5.41, 5.74) is 0.292. The van der Waals surface area contributed by atoms with Gasteiger partial charge in [0, 0.05) is 12.1 Å². The van der Waals surface area contributed by atoms with E-state index >= 15 is 0 Å². The lowest BCUT2D eigenvalue weighted by Gasteiger charge is -2.15. The molecular formula is C20H18FNO5S. The van der Waals surface area contributed by atoms with Crippen molar-refractivity contribution < 1.29 is 27.4 Å². The zero-order chi connectivity index (χ0) is 20.3. The van der Waals surface area contributed by atoms with Gasteiger partial charge in [0.25, 0.3) is 0 Å². The molecule has 0 heterocycles. The van der Waals surface area contributed by atoms with Crippen LogP contribution < -0.4 is 9.46 Å². The molecule has 0 aliphatic heterocycles. The first-order chi connectivity index (χ1) is 13.3. The molecule has 0 bridgehead atoms. The van der Waals surface area contributed by atoms with Crippen LogP contribution in [0.15, 0.2) is 59.5 Å². The number of halogens is 1. The quantitative estimate of drug-likeness (QED) is 0.629. The van der Waals surface area contributed by atoms with Crippen LogP contribution in [-0.2, 0) is 16.6 Å². The molecule has 146 valence electrons. The predicted molar refractivity (Wildman–Crippen MR) is 103 cm³/mol. The first-order valence-electron chi connectivity index (χ1n) is 8.49. The molecule has 0 atom stereocenters. The topological polar surface area (TPSA) is 92.7 Å². The average molecular weight is 403 g/mol. The third-order valence-electron chi connectivity index (χ3n) is 4.20. The maximum atomic E-state index is 14.1. The van der Waals surface area contributed by atoms with Gasteiger partial charge in [-0.05, 0) is 42.0 Å². The van der Waals surface area contributed by atoms with Crippen LogP contribution in [0.1, 0.15) is 22.8 Å². The molecule has 0 aromatic heterocycles. The van der Waals surface area contributed by atoms with E-state index in [-0.39, 0.29) is 12.1 Å². The number of benzene rings is 3. The van der Waals surface area contributed by atoms with Gasteiger partial charge in [-0.3, -0.25) is 0 Å². The van der Waals surface area contributed by atoms with Crippen molar-refractivity contribution in [3.05, 3.63) is 71.5 Å². The van der Waals surface area contributed by atoms with E-state index in [0.717, 1.165) is 29.0 Å². The molecule has 8 heteroatoms. The molecular weight excluding hydrogens is 385 g/mol. The third kappa shape index (κ3) is 3.97. The number of carboxylic acids is 1. The normalized spacial score (nSPS) is 11.5. The van der Waals surface area contributed by atoms with Gasteiger partial charge < -0.3 is 9.84 Å². The lowest BCUT2D eigenvalue weighted by atomic mass is 10.0. The Labute approximate surface area is 161 Å². The minimum Gasteiger partial charge on any atom is -0.494 e. The summed E-state index contributed by atoms with van der Waals surface area (Å²) in [6.07, 6.45) is 0. The number of aromatic carboxylic acids is 1. The second-order valence-electron chi connectivity index (χ2n) is 5.97. The summed E-state index contributed by atoms with van der Waals surface area (Å²) >= 11 is 0. The molecule has 0 unspecified atom stereocenters. The van der Waals surface area contributed by atoms with Gasteiger partial charge >= 0.3 is 5.97 Å². The summed E-state index contributed by atoms with van der Waals surface area (Å²) in [5, 5.41) is 10.7. The van der Waals surface area contributed by atoms with Gasteiger partial charge in [-0.25, -0.2) is 22.3 Å². The SMILES string of the molecule is CCOc1ccc2ccccc2c1CNS(=O)(=O)c1cc(C(=O)O)ccc1F. The molecule has 2 N–H and O–H groups in total. The van der Waals surface area contributed by atoms with Gasteiger partial charge in [0.05, 0.1) is 12.2 Å². The van der Waals surface area contributed by atoms with Crippen molar-refractivity contribution in [2.75, 3.05) is 6.61 Å². The maximum Gasteiger partial charge on any atom is 0.335 e. The third-order valence-corrected chi connectivity index (χ3v) is 5.62. The van der Waals surface area contributed by atoms with Crippen molar-refractivity contribution in [3.63, 3.8) is 0 Å². The lowest BCUT2D eigenvalue weighted by Crippen LogP contribution is -2.25. The Hall–Kier alpha value is -2.97. The van der Waals surface area contributed by atoms with E-state index in [4.69, 9.17) is 9.84 Å². The number of hydrogen-bond donors (Lipinski definition) is 2. The summed E-state index contributed by atoms with van der Waals surface area (Å²) < 4.78 is 47.3. The molecule has 0 aliphatic carbocycles.